The number of benzene rings is 16. The Bertz CT molecular complexity index is 5490. The van der Waals surface area contributed by atoms with E-state index in [-0.39, 0.29) is 0 Å². The average molecular weight is 1310 g/mol. The largest absolute Gasteiger partial charge is 0.456 e. The van der Waals surface area contributed by atoms with Gasteiger partial charge >= 0.3 is 0 Å². The van der Waals surface area contributed by atoms with Gasteiger partial charge in [-0.2, -0.15) is 0 Å². The molecule has 0 fully saturated rings. The molecule has 1 N–H and O–H groups in total. The molecule has 17 aromatic rings. The molecule has 1 aromatic heterocycles. The van der Waals surface area contributed by atoms with Gasteiger partial charge in [-0.25, -0.2) is 0 Å². The minimum absolute atomic E-state index is 0.966. The van der Waals surface area contributed by atoms with Gasteiger partial charge in [0, 0.05) is 77.1 Å². The Labute approximate surface area is 595 Å². The summed E-state index contributed by atoms with van der Waals surface area (Å²) in [6.07, 6.45) is 0. The van der Waals surface area contributed by atoms with Crippen molar-refractivity contribution in [1.82, 2.24) is 0 Å². The highest BCUT2D eigenvalue weighted by molar-refractivity contribution is 6.05. The van der Waals surface area contributed by atoms with Crippen molar-refractivity contribution in [2.24, 2.45) is 0 Å². The standard InChI is InChI=1S/2C27H21N.C15H17N.C14H15N.C13H10O/c1-20-10-14-25(15-11-20)28(26-16-12-21-6-2-4-8-23(21)18-26)27-17-13-22-7-3-5-9-24(22)19-27;1-20-13-16-24(17-14-20)28(25-18-15-21-7-2-3-9-23(21)19-25)27-12-6-10-22-8-4-5-11-26(22)27;1-12-4-6-13(7-5-12)14-8-10-15(11-9-14)16(2)3;1-11-3-5-12(6-4-11)13-7-9-14(15-2)10-8-13;1-9-6-7-11-10-4-2-3-5-12(10)14-13(11)8-9/h2*2-19H,1H3;4-11H,1-3H3;3-10,15H,1-2H3;2-8H,1H3. The number of nitrogens with one attached hydrogen (secondary N) is 1. The summed E-state index contributed by atoms with van der Waals surface area (Å²) in [4.78, 5) is 6.80. The van der Waals surface area contributed by atoms with Crippen molar-refractivity contribution >= 4 is 111 Å². The number of fused-ring (bicyclic) bond motifs is 7. The number of furan rings is 1. The van der Waals surface area contributed by atoms with Crippen LogP contribution < -0.4 is 20.0 Å². The fraction of sp³-hybridized carbons (Fsp3) is 0.0833. The van der Waals surface area contributed by atoms with Crippen molar-refractivity contribution in [2.45, 2.75) is 34.6 Å². The number of anilines is 8. The van der Waals surface area contributed by atoms with Crippen molar-refractivity contribution in [3.8, 4) is 22.3 Å². The molecule has 0 saturated carbocycles. The molecule has 1 heterocycles. The highest BCUT2D eigenvalue weighted by Gasteiger charge is 2.17. The predicted molar refractivity (Wildman–Crippen MR) is 437 cm³/mol. The van der Waals surface area contributed by atoms with Gasteiger partial charge in [0.2, 0.25) is 0 Å². The zero-order chi connectivity index (χ0) is 69.6. The fourth-order valence-electron chi connectivity index (χ4n) is 12.7. The van der Waals surface area contributed by atoms with Crippen molar-refractivity contribution in [3.63, 3.8) is 0 Å². The first-order chi connectivity index (χ1) is 49.4. The summed E-state index contributed by atoms with van der Waals surface area (Å²) in [6, 6.07) is 127. The van der Waals surface area contributed by atoms with E-state index in [9.17, 15) is 0 Å². The summed E-state index contributed by atoms with van der Waals surface area (Å²) in [5.41, 5.74) is 22.8. The third kappa shape index (κ3) is 16.3. The molecule has 0 spiro atoms. The minimum atomic E-state index is 0.966. The van der Waals surface area contributed by atoms with Gasteiger partial charge < -0.3 is 24.4 Å². The summed E-state index contributed by atoms with van der Waals surface area (Å²) < 4.78 is 5.73. The van der Waals surface area contributed by atoms with Gasteiger partial charge in [-0.05, 0) is 203 Å². The van der Waals surface area contributed by atoms with Crippen LogP contribution in [0.15, 0.2) is 362 Å². The van der Waals surface area contributed by atoms with E-state index in [4.69, 9.17) is 4.42 Å². The lowest BCUT2D eigenvalue weighted by atomic mass is 10.0. The van der Waals surface area contributed by atoms with Crippen LogP contribution in [-0.2, 0) is 0 Å². The maximum atomic E-state index is 5.73. The zero-order valence-electron chi connectivity index (χ0n) is 58.8. The van der Waals surface area contributed by atoms with E-state index < -0.39 is 0 Å². The van der Waals surface area contributed by atoms with Crippen LogP contribution in [0.2, 0.25) is 0 Å². The molecule has 0 bridgehead atoms. The number of hydrogen-bond donors (Lipinski definition) is 1. The van der Waals surface area contributed by atoms with Crippen LogP contribution in [0.3, 0.4) is 0 Å². The molecule has 17 rings (SSSR count). The van der Waals surface area contributed by atoms with Gasteiger partial charge in [0.1, 0.15) is 11.2 Å². The molecule has 0 atom stereocenters. The number of nitrogens with zero attached hydrogens (tertiary/aromatic N) is 3. The Morgan fingerprint density at radius 3 is 1.04 bits per heavy atom. The number of aryl methyl sites for hydroxylation is 5. The van der Waals surface area contributed by atoms with E-state index in [0.29, 0.717) is 0 Å². The smallest absolute Gasteiger partial charge is 0.135 e. The summed E-state index contributed by atoms with van der Waals surface area (Å²) in [5.74, 6) is 0. The van der Waals surface area contributed by atoms with Crippen molar-refractivity contribution < 1.29 is 4.42 Å². The fourth-order valence-corrected chi connectivity index (χ4v) is 12.7. The van der Waals surface area contributed by atoms with E-state index in [2.05, 4.69) is 408 Å². The van der Waals surface area contributed by atoms with Crippen molar-refractivity contribution in [1.29, 1.82) is 0 Å². The first-order valence-corrected chi connectivity index (χ1v) is 34.6. The summed E-state index contributed by atoms with van der Waals surface area (Å²) in [6.45, 7) is 10.5. The second kappa shape index (κ2) is 31.4. The van der Waals surface area contributed by atoms with Gasteiger partial charge in [-0.15, -0.1) is 0 Å². The predicted octanol–water partition coefficient (Wildman–Crippen LogP) is 26.9. The minimum Gasteiger partial charge on any atom is -0.456 e. The lowest BCUT2D eigenvalue weighted by Gasteiger charge is -2.27. The van der Waals surface area contributed by atoms with E-state index >= 15 is 0 Å². The van der Waals surface area contributed by atoms with E-state index in [1.54, 1.807) is 0 Å². The molecular weight excluding hydrogens is 1230 g/mol. The third-order valence-corrected chi connectivity index (χ3v) is 18.4. The number of para-hydroxylation sites is 1. The van der Waals surface area contributed by atoms with Crippen LogP contribution in [0.5, 0.6) is 0 Å². The Morgan fingerprint density at radius 2 is 0.574 bits per heavy atom. The maximum absolute atomic E-state index is 5.73. The second-order valence-corrected chi connectivity index (χ2v) is 26.0. The van der Waals surface area contributed by atoms with Crippen LogP contribution >= 0.6 is 0 Å². The number of hydrogen-bond acceptors (Lipinski definition) is 5. The lowest BCUT2D eigenvalue weighted by Crippen LogP contribution is -2.10. The second-order valence-electron chi connectivity index (χ2n) is 26.0. The van der Waals surface area contributed by atoms with Crippen molar-refractivity contribution in [2.75, 3.05) is 41.2 Å². The molecule has 0 aliphatic rings. The molecular formula is C96H84N4O. The molecule has 0 radical (unpaired) electrons. The van der Waals surface area contributed by atoms with Crippen LogP contribution in [0.1, 0.15) is 27.8 Å². The molecule has 101 heavy (non-hydrogen) atoms. The topological polar surface area (TPSA) is 34.9 Å². The first-order valence-electron chi connectivity index (χ1n) is 34.6. The summed E-state index contributed by atoms with van der Waals surface area (Å²) in [5, 5.41) is 15.5. The Balaban J connectivity index is 0.000000117. The lowest BCUT2D eigenvalue weighted by molar-refractivity contribution is 0.668. The molecule has 5 heteroatoms. The summed E-state index contributed by atoms with van der Waals surface area (Å²) >= 11 is 0. The highest BCUT2D eigenvalue weighted by Crippen LogP contribution is 2.41. The van der Waals surface area contributed by atoms with Gasteiger partial charge in [-0.3, -0.25) is 0 Å². The Morgan fingerprint density at radius 1 is 0.238 bits per heavy atom. The molecule has 0 aliphatic heterocycles. The Kier molecular flexibility index (Phi) is 20.9. The first kappa shape index (κ1) is 67.1. The Hall–Kier alpha value is -12.4. The SMILES string of the molecule is CNc1ccc(-c2ccc(C)cc2)cc1.Cc1ccc(-c2ccc(N(C)C)cc2)cc1.Cc1ccc(N(c2ccc3ccccc3c2)c2ccc3ccccc3c2)cc1.Cc1ccc(N(c2ccc3ccccc3c2)c2cccc3ccccc23)cc1.Cc1ccc2c(c1)oc1ccccc12. The van der Waals surface area contributed by atoms with Crippen molar-refractivity contribution in [3.05, 3.63) is 386 Å². The van der Waals surface area contributed by atoms with Gasteiger partial charge in [0.15, 0.2) is 0 Å². The third-order valence-electron chi connectivity index (χ3n) is 18.4. The molecule has 0 aliphatic carbocycles. The van der Waals surface area contributed by atoms with Crippen LogP contribution in [-0.4, -0.2) is 21.1 Å². The molecule has 16 aromatic carbocycles. The van der Waals surface area contributed by atoms with E-state index in [0.717, 1.165) is 39.6 Å². The highest BCUT2D eigenvalue weighted by atomic mass is 16.3. The normalized spacial score (nSPS) is 10.8. The van der Waals surface area contributed by atoms with Crippen LogP contribution in [0.4, 0.5) is 45.5 Å². The molecule has 5 nitrogen and oxygen atoms in total. The summed E-state index contributed by atoms with van der Waals surface area (Å²) in [7, 11) is 6.04. The quantitative estimate of drug-likeness (QED) is 0.148. The molecule has 0 unspecified atom stereocenters. The van der Waals surface area contributed by atoms with Gasteiger partial charge in [0.05, 0.1) is 5.69 Å². The van der Waals surface area contributed by atoms with Gasteiger partial charge in [-0.1, -0.05) is 277 Å². The zero-order valence-corrected chi connectivity index (χ0v) is 58.8. The van der Waals surface area contributed by atoms with Crippen LogP contribution in [0.25, 0.3) is 87.3 Å². The monoisotopic (exact) mass is 1310 g/mol. The van der Waals surface area contributed by atoms with Gasteiger partial charge in [0.25, 0.3) is 0 Å². The molecule has 0 saturated heterocycles. The molecule has 494 valence electrons. The maximum Gasteiger partial charge on any atom is 0.135 e. The van der Waals surface area contributed by atoms with Crippen LogP contribution in [0, 0.1) is 34.6 Å². The average Bonchev–Trinajstić information content (AvgIpc) is 1.60. The molecule has 0 amide bonds. The van der Waals surface area contributed by atoms with E-state index in [1.165, 1.54) is 121 Å². The number of rotatable bonds is 10. The van der Waals surface area contributed by atoms with E-state index in [1.807, 2.05) is 25.2 Å².